The minimum atomic E-state index is -0.401. The van der Waals surface area contributed by atoms with Gasteiger partial charge in [-0.15, -0.1) is 0 Å². The Morgan fingerprint density at radius 1 is 1.19 bits per heavy atom. The normalized spacial score (nSPS) is 13.8. The van der Waals surface area contributed by atoms with Crippen molar-refractivity contribution >= 4 is 28.2 Å². The number of ketones is 1. The van der Waals surface area contributed by atoms with Gasteiger partial charge in [-0.3, -0.25) is 10.1 Å². The Morgan fingerprint density at radius 3 is 2.89 bits per heavy atom. The van der Waals surface area contributed by atoms with Crippen LogP contribution in [0.3, 0.4) is 0 Å². The molecule has 1 aliphatic rings. The lowest BCUT2D eigenvalue weighted by atomic mass is 10.1. The Labute approximate surface area is 219 Å². The molecule has 8 nitrogen and oxygen atoms in total. The fourth-order valence-corrected chi connectivity index (χ4v) is 4.91. The molecule has 3 heterocycles. The van der Waals surface area contributed by atoms with E-state index in [-0.39, 0.29) is 5.78 Å². The Kier molecular flexibility index (Phi) is 9.68. The molecule has 2 aromatic heterocycles. The lowest BCUT2D eigenvalue weighted by Crippen LogP contribution is -2.41. The molecule has 0 radical (unpaired) electrons. The van der Waals surface area contributed by atoms with Crippen molar-refractivity contribution in [3.05, 3.63) is 59.9 Å². The number of carbonyl (C=O) groups is 1. The molecule has 3 aromatic rings. The first-order chi connectivity index (χ1) is 18.0. The van der Waals surface area contributed by atoms with Crippen LogP contribution in [0, 0.1) is 0 Å². The molecule has 0 amide bonds. The summed E-state index contributed by atoms with van der Waals surface area (Å²) in [6.07, 6.45) is 7.59. The van der Waals surface area contributed by atoms with Gasteiger partial charge in [0.1, 0.15) is 12.0 Å². The van der Waals surface area contributed by atoms with Crippen LogP contribution in [0.4, 0.5) is 11.6 Å². The van der Waals surface area contributed by atoms with Crippen molar-refractivity contribution in [1.29, 1.82) is 0 Å². The molecular weight excluding hydrogens is 466 g/mol. The number of benzene rings is 1. The topological polar surface area (TPSA) is 90.6 Å². The van der Waals surface area contributed by atoms with Gasteiger partial charge in [-0.2, -0.15) is 0 Å². The third kappa shape index (κ3) is 7.40. The first-order valence-corrected chi connectivity index (χ1v) is 13.4. The fourth-order valence-electron chi connectivity index (χ4n) is 4.91. The summed E-state index contributed by atoms with van der Waals surface area (Å²) >= 11 is 0. The highest BCUT2D eigenvalue weighted by molar-refractivity contribution is 5.92. The molecular formula is C29H40N5O3+. The molecule has 1 aromatic carbocycles. The van der Waals surface area contributed by atoms with E-state index in [1.54, 1.807) is 20.2 Å². The molecule has 0 bridgehead atoms. The zero-order chi connectivity index (χ0) is 26.0. The van der Waals surface area contributed by atoms with Crippen LogP contribution in [0.2, 0.25) is 0 Å². The van der Waals surface area contributed by atoms with E-state index in [9.17, 15) is 10.0 Å². The predicted molar refractivity (Wildman–Crippen MR) is 146 cm³/mol. The van der Waals surface area contributed by atoms with Crippen LogP contribution >= 0.6 is 0 Å². The highest BCUT2D eigenvalue weighted by Crippen LogP contribution is 2.21. The van der Waals surface area contributed by atoms with Crippen molar-refractivity contribution in [1.82, 2.24) is 9.88 Å². The summed E-state index contributed by atoms with van der Waals surface area (Å²) in [6.45, 7) is 5.77. The molecule has 0 saturated heterocycles. The molecule has 8 heteroatoms. The zero-order valence-electron chi connectivity index (χ0n) is 22.1. The summed E-state index contributed by atoms with van der Waals surface area (Å²) in [7, 11) is 1.72. The molecule has 0 fully saturated rings. The Hall–Kier alpha value is -3.23. The number of rotatable bonds is 14. The summed E-state index contributed by atoms with van der Waals surface area (Å²) in [5.74, 6) is 1.64. The van der Waals surface area contributed by atoms with Crippen molar-refractivity contribution in [2.24, 2.45) is 0 Å². The van der Waals surface area contributed by atoms with E-state index in [0.717, 1.165) is 78.9 Å². The van der Waals surface area contributed by atoms with Crippen molar-refractivity contribution in [3.63, 3.8) is 0 Å². The monoisotopic (exact) mass is 506 g/mol. The number of anilines is 2. The van der Waals surface area contributed by atoms with Gasteiger partial charge in [-0.05, 0) is 74.7 Å². The molecule has 3 N–H and O–H groups in total. The predicted octanol–water partition coefficient (Wildman–Crippen LogP) is 3.85. The first kappa shape index (κ1) is 26.8. The van der Waals surface area contributed by atoms with E-state index >= 15 is 0 Å². The van der Waals surface area contributed by atoms with E-state index in [0.29, 0.717) is 18.8 Å². The summed E-state index contributed by atoms with van der Waals surface area (Å²) in [4.78, 5) is 19.7. The molecule has 1 aliphatic heterocycles. The summed E-state index contributed by atoms with van der Waals surface area (Å²) < 4.78 is 6.40. The standard InChI is InChI=1S/C29H39N5O3/c1-22(35)27(32-29-26-11-4-3-8-23(26)14-19-34(29)36)15-18-33(20-21-37-2)17-6-5-10-25-13-12-24-9-7-16-30-28(24)31-25/h3-4,8,11-14,19,27,36H,5-7,9-10,15-18,20-21H2,1-2H3,(H,30,31)/p+1/t27-/m0/s1. The average Bonchev–Trinajstić information content (AvgIpc) is 2.92. The third-order valence-electron chi connectivity index (χ3n) is 7.10. The molecule has 0 spiro atoms. The SMILES string of the molecule is COCCN(CCCCc1ccc2c(n1)NCCC2)CC[C@H](Nc1c2ccccc2cc[n+]1O)C(C)=O. The maximum atomic E-state index is 12.5. The van der Waals surface area contributed by atoms with Crippen molar-refractivity contribution < 1.29 is 19.5 Å². The number of Topliss-reactive ketones (excluding diaryl/α,β-unsaturated/α-hetero) is 1. The Balaban J connectivity index is 1.32. The number of unbranched alkanes of at least 4 members (excludes halogenated alkanes) is 1. The number of ether oxygens (including phenoxy) is 1. The number of nitrogens with zero attached hydrogens (tertiary/aromatic N) is 3. The number of aromatic nitrogens is 2. The highest BCUT2D eigenvalue weighted by atomic mass is 16.5. The van der Waals surface area contributed by atoms with Gasteiger partial charge < -0.3 is 20.2 Å². The van der Waals surface area contributed by atoms with Crippen LogP contribution in [0.1, 0.15) is 43.9 Å². The summed E-state index contributed by atoms with van der Waals surface area (Å²) in [5.41, 5.74) is 2.47. The second-order valence-electron chi connectivity index (χ2n) is 9.82. The van der Waals surface area contributed by atoms with Gasteiger partial charge in [0, 0.05) is 38.9 Å². The fraction of sp³-hybridized carbons (Fsp3) is 0.483. The van der Waals surface area contributed by atoms with Crippen LogP contribution < -0.4 is 15.4 Å². The quantitative estimate of drug-likeness (QED) is 0.174. The van der Waals surface area contributed by atoms with E-state index in [2.05, 4.69) is 27.7 Å². The zero-order valence-corrected chi connectivity index (χ0v) is 22.1. The number of hydrogen-bond acceptors (Lipinski definition) is 7. The van der Waals surface area contributed by atoms with Gasteiger partial charge in [-0.25, -0.2) is 4.98 Å². The molecule has 0 unspecified atom stereocenters. The molecule has 0 saturated carbocycles. The molecule has 1 atom stereocenters. The number of methoxy groups -OCH3 is 1. The number of fused-ring (bicyclic) bond motifs is 2. The lowest BCUT2D eigenvalue weighted by Gasteiger charge is -2.23. The second-order valence-corrected chi connectivity index (χ2v) is 9.82. The van der Waals surface area contributed by atoms with Gasteiger partial charge in [0.15, 0.2) is 11.8 Å². The highest BCUT2D eigenvalue weighted by Gasteiger charge is 2.24. The molecule has 4 rings (SSSR count). The minimum absolute atomic E-state index is 0.0479. The largest absolute Gasteiger partial charge is 0.383 e. The van der Waals surface area contributed by atoms with E-state index < -0.39 is 6.04 Å². The number of hydrogen-bond donors (Lipinski definition) is 3. The smallest absolute Gasteiger partial charge is 0.322 e. The van der Waals surface area contributed by atoms with E-state index in [1.807, 2.05) is 30.3 Å². The maximum Gasteiger partial charge on any atom is 0.322 e. The van der Waals surface area contributed by atoms with Crippen LogP contribution in [-0.4, -0.2) is 66.8 Å². The number of nitrogens with one attached hydrogen (secondary N) is 2. The van der Waals surface area contributed by atoms with Crippen molar-refractivity contribution in [3.8, 4) is 0 Å². The van der Waals surface area contributed by atoms with Crippen LogP contribution in [-0.2, 0) is 22.4 Å². The van der Waals surface area contributed by atoms with Gasteiger partial charge in [-0.1, -0.05) is 29.0 Å². The maximum absolute atomic E-state index is 12.5. The minimum Gasteiger partial charge on any atom is -0.383 e. The van der Waals surface area contributed by atoms with E-state index in [1.165, 1.54) is 12.0 Å². The molecule has 37 heavy (non-hydrogen) atoms. The molecule has 0 aliphatic carbocycles. The van der Waals surface area contributed by atoms with Gasteiger partial charge in [0.25, 0.3) is 0 Å². The van der Waals surface area contributed by atoms with Gasteiger partial charge >= 0.3 is 5.82 Å². The van der Waals surface area contributed by atoms with Crippen molar-refractivity contribution in [2.75, 3.05) is 50.5 Å². The number of pyridine rings is 2. The van der Waals surface area contributed by atoms with Crippen LogP contribution in [0.5, 0.6) is 0 Å². The first-order valence-electron chi connectivity index (χ1n) is 13.4. The molecule has 198 valence electrons. The Morgan fingerprint density at radius 2 is 2.05 bits per heavy atom. The number of aryl methyl sites for hydroxylation is 2. The average molecular weight is 507 g/mol. The van der Waals surface area contributed by atoms with Gasteiger partial charge in [0.05, 0.1) is 12.0 Å². The Bertz CT molecular complexity index is 1190. The summed E-state index contributed by atoms with van der Waals surface area (Å²) in [6, 6.07) is 13.7. The van der Waals surface area contributed by atoms with E-state index in [4.69, 9.17) is 9.72 Å². The van der Waals surface area contributed by atoms with Crippen LogP contribution in [0.25, 0.3) is 10.8 Å². The number of carbonyl (C=O) groups excluding carboxylic acids is 1. The lowest BCUT2D eigenvalue weighted by molar-refractivity contribution is -0.892. The van der Waals surface area contributed by atoms with Crippen LogP contribution in [0.15, 0.2) is 48.7 Å². The van der Waals surface area contributed by atoms with Crippen molar-refractivity contribution in [2.45, 2.75) is 51.5 Å². The third-order valence-corrected chi connectivity index (χ3v) is 7.10. The van der Waals surface area contributed by atoms with Gasteiger partial charge in [0.2, 0.25) is 0 Å². The summed E-state index contributed by atoms with van der Waals surface area (Å²) in [5, 5.41) is 19.0. The second kappa shape index (κ2) is 13.4.